The maximum absolute atomic E-state index is 4.34. The molecule has 0 aliphatic heterocycles. The van der Waals surface area contributed by atoms with Crippen LogP contribution in [0, 0.1) is 13.8 Å². The van der Waals surface area contributed by atoms with Crippen molar-refractivity contribution in [1.82, 2.24) is 0 Å². The molecule has 0 fully saturated rings. The summed E-state index contributed by atoms with van der Waals surface area (Å²) >= 11 is 0. The van der Waals surface area contributed by atoms with E-state index in [-0.39, 0.29) is 0 Å². The van der Waals surface area contributed by atoms with Gasteiger partial charge < -0.3 is 0 Å². The molecule has 0 saturated carbocycles. The molecule has 0 bridgehead atoms. The normalized spacial score (nSPS) is 10.4. The van der Waals surface area contributed by atoms with Crippen molar-refractivity contribution in [2.45, 2.75) is 26.7 Å². The Kier molecular flexibility index (Phi) is 6.52. The van der Waals surface area contributed by atoms with Crippen LogP contribution in [0.25, 0.3) is 0 Å². The van der Waals surface area contributed by atoms with Crippen LogP contribution in [0.2, 0.25) is 0 Å². The van der Waals surface area contributed by atoms with Gasteiger partial charge in [0.05, 0.1) is 11.4 Å². The molecule has 0 aliphatic carbocycles. The Bertz CT molecular complexity index is 1080. The van der Waals surface area contributed by atoms with Crippen molar-refractivity contribution in [3.63, 3.8) is 0 Å². The third kappa shape index (κ3) is 6.12. The minimum Gasteiger partial charge on any atom is -0.188 e. The molecule has 0 atom stereocenters. The van der Waals surface area contributed by atoms with Gasteiger partial charge in [-0.25, -0.2) is 0 Å². The molecule has 2 heteroatoms. The highest BCUT2D eigenvalue weighted by Crippen LogP contribution is 2.18. The number of benzene rings is 4. The van der Waals surface area contributed by atoms with Crippen molar-refractivity contribution in [2.24, 2.45) is 9.98 Å². The average molecular weight is 403 g/mol. The summed E-state index contributed by atoms with van der Waals surface area (Å²) < 4.78 is 0. The van der Waals surface area contributed by atoms with Crippen LogP contribution in [-0.4, -0.2) is 6.01 Å². The number of rotatable bonds is 6. The number of nitrogens with zero attached hydrogens (tertiary/aromatic N) is 2. The van der Waals surface area contributed by atoms with E-state index >= 15 is 0 Å². The van der Waals surface area contributed by atoms with E-state index in [1.54, 1.807) is 0 Å². The summed E-state index contributed by atoms with van der Waals surface area (Å²) in [6, 6.07) is 36.6. The fraction of sp³-hybridized carbons (Fsp3) is 0.138. The molecule has 4 aromatic rings. The van der Waals surface area contributed by atoms with Gasteiger partial charge in [0.1, 0.15) is 6.01 Å². The molecule has 0 amide bonds. The number of aliphatic imine (C=N–C) groups is 2. The second-order valence-corrected chi connectivity index (χ2v) is 7.98. The largest absolute Gasteiger partial charge is 0.188 e. The minimum absolute atomic E-state index is 0.854. The van der Waals surface area contributed by atoms with Crippen LogP contribution < -0.4 is 0 Å². The zero-order valence-corrected chi connectivity index (χ0v) is 18.0. The van der Waals surface area contributed by atoms with Gasteiger partial charge in [0, 0.05) is 0 Å². The molecule has 0 heterocycles. The Morgan fingerprint density at radius 2 is 0.742 bits per heavy atom. The Labute approximate surface area is 184 Å². The molecule has 0 radical (unpaired) electrons. The van der Waals surface area contributed by atoms with Crippen LogP contribution in [0.5, 0.6) is 0 Å². The van der Waals surface area contributed by atoms with E-state index < -0.39 is 0 Å². The average Bonchev–Trinajstić information content (AvgIpc) is 2.79. The standard InChI is InChI=1S/C29H26N2/c1-22-3-7-24(8-4-22)19-26-11-15-28(16-12-26)30-21-31-29-17-13-27(14-18-29)20-25-9-5-23(2)6-10-25/h3-18H,19-20H2,1-2H3. The second kappa shape index (κ2) is 9.84. The van der Waals surface area contributed by atoms with Crippen molar-refractivity contribution >= 4 is 17.4 Å². The molecule has 0 saturated heterocycles. The quantitative estimate of drug-likeness (QED) is 0.296. The molecular formula is C29H26N2. The van der Waals surface area contributed by atoms with E-state index in [0.717, 1.165) is 24.2 Å². The summed E-state index contributed by atoms with van der Waals surface area (Å²) in [5.74, 6) is 0. The van der Waals surface area contributed by atoms with E-state index in [0.29, 0.717) is 0 Å². The molecule has 0 aliphatic rings. The van der Waals surface area contributed by atoms with Gasteiger partial charge in [0.2, 0.25) is 0 Å². The highest BCUT2D eigenvalue weighted by Gasteiger charge is 1.98. The molecule has 0 aromatic heterocycles. The van der Waals surface area contributed by atoms with Gasteiger partial charge in [-0.3, -0.25) is 0 Å². The first-order valence-electron chi connectivity index (χ1n) is 10.6. The van der Waals surface area contributed by atoms with E-state index in [1.807, 2.05) is 24.3 Å². The zero-order valence-electron chi connectivity index (χ0n) is 18.0. The zero-order chi connectivity index (χ0) is 21.5. The van der Waals surface area contributed by atoms with Crippen molar-refractivity contribution in [3.8, 4) is 0 Å². The van der Waals surface area contributed by atoms with Gasteiger partial charge >= 0.3 is 0 Å². The Balaban J connectivity index is 1.35. The number of aryl methyl sites for hydroxylation is 2. The van der Waals surface area contributed by atoms with Crippen molar-refractivity contribution < 1.29 is 0 Å². The van der Waals surface area contributed by atoms with E-state index in [4.69, 9.17) is 0 Å². The third-order valence-corrected chi connectivity index (χ3v) is 5.29. The summed E-state index contributed by atoms with van der Waals surface area (Å²) in [4.78, 5) is 8.69. The fourth-order valence-corrected chi connectivity index (χ4v) is 3.40. The lowest BCUT2D eigenvalue weighted by Crippen LogP contribution is -1.87. The molecule has 0 spiro atoms. The van der Waals surface area contributed by atoms with Crippen LogP contribution in [-0.2, 0) is 12.8 Å². The van der Waals surface area contributed by atoms with Gasteiger partial charge in [-0.1, -0.05) is 83.9 Å². The molecule has 4 rings (SSSR count). The lowest BCUT2D eigenvalue weighted by molar-refractivity contribution is 1.18. The number of hydrogen-bond acceptors (Lipinski definition) is 2. The topological polar surface area (TPSA) is 24.7 Å². The Morgan fingerprint density at radius 3 is 1.06 bits per heavy atom. The van der Waals surface area contributed by atoms with Crippen LogP contribution in [0.15, 0.2) is 107 Å². The number of hydrogen-bond donors (Lipinski definition) is 0. The predicted molar refractivity (Wildman–Crippen MR) is 130 cm³/mol. The lowest BCUT2D eigenvalue weighted by Gasteiger charge is -2.03. The molecule has 0 N–H and O–H groups in total. The SMILES string of the molecule is Cc1ccc(Cc2ccc(N=C=Nc3ccc(Cc4ccc(C)cc4)cc3)cc2)cc1. The van der Waals surface area contributed by atoms with Crippen molar-refractivity contribution in [3.05, 3.63) is 130 Å². The van der Waals surface area contributed by atoms with Crippen LogP contribution >= 0.6 is 0 Å². The first kappa shape index (κ1) is 20.5. The Morgan fingerprint density at radius 1 is 0.452 bits per heavy atom. The van der Waals surface area contributed by atoms with E-state index in [9.17, 15) is 0 Å². The molecule has 0 unspecified atom stereocenters. The smallest absolute Gasteiger partial charge is 0.100 e. The summed E-state index contributed by atoms with van der Waals surface area (Å²) in [5, 5.41) is 0. The van der Waals surface area contributed by atoms with E-state index in [1.165, 1.54) is 33.4 Å². The minimum atomic E-state index is 0.854. The van der Waals surface area contributed by atoms with Crippen LogP contribution in [0.4, 0.5) is 11.4 Å². The summed E-state index contributed by atoms with van der Waals surface area (Å²) in [7, 11) is 0. The van der Waals surface area contributed by atoms with Crippen LogP contribution in [0.3, 0.4) is 0 Å². The van der Waals surface area contributed by atoms with Gasteiger partial charge in [-0.15, -0.1) is 0 Å². The molecule has 152 valence electrons. The first-order chi connectivity index (χ1) is 15.1. The van der Waals surface area contributed by atoms with Gasteiger partial charge in [0.25, 0.3) is 0 Å². The third-order valence-electron chi connectivity index (χ3n) is 5.29. The first-order valence-corrected chi connectivity index (χ1v) is 10.6. The highest BCUT2D eigenvalue weighted by molar-refractivity contribution is 5.58. The van der Waals surface area contributed by atoms with E-state index in [2.05, 4.69) is 103 Å². The predicted octanol–water partition coefficient (Wildman–Crippen LogP) is 7.62. The second-order valence-electron chi connectivity index (χ2n) is 7.98. The lowest BCUT2D eigenvalue weighted by atomic mass is 10.0. The molecule has 4 aromatic carbocycles. The van der Waals surface area contributed by atoms with Crippen LogP contribution in [0.1, 0.15) is 33.4 Å². The van der Waals surface area contributed by atoms with Gasteiger partial charge in [0.15, 0.2) is 0 Å². The van der Waals surface area contributed by atoms with Gasteiger partial charge in [-0.05, 0) is 73.2 Å². The van der Waals surface area contributed by atoms with Crippen molar-refractivity contribution in [2.75, 3.05) is 0 Å². The molecular weight excluding hydrogens is 376 g/mol. The maximum Gasteiger partial charge on any atom is 0.100 e. The van der Waals surface area contributed by atoms with Gasteiger partial charge in [-0.2, -0.15) is 9.98 Å². The molecule has 2 nitrogen and oxygen atoms in total. The van der Waals surface area contributed by atoms with Crippen molar-refractivity contribution in [1.29, 1.82) is 0 Å². The monoisotopic (exact) mass is 402 g/mol. The fourth-order valence-electron chi connectivity index (χ4n) is 3.40. The Hall–Kier alpha value is -3.74. The summed E-state index contributed by atoms with van der Waals surface area (Å²) in [6.07, 6.45) is 1.85. The maximum atomic E-state index is 4.34. The summed E-state index contributed by atoms with van der Waals surface area (Å²) in [5.41, 5.74) is 9.44. The molecule has 31 heavy (non-hydrogen) atoms. The summed E-state index contributed by atoms with van der Waals surface area (Å²) in [6.45, 7) is 4.22. The highest BCUT2D eigenvalue weighted by atomic mass is 14.8.